The van der Waals surface area contributed by atoms with Gasteiger partial charge < -0.3 is 10.0 Å². The zero-order valence-electron chi connectivity index (χ0n) is 9.60. The summed E-state index contributed by atoms with van der Waals surface area (Å²) in [4.78, 5) is 13.4. The van der Waals surface area contributed by atoms with Gasteiger partial charge in [-0.15, -0.1) is 0 Å². The Kier molecular flexibility index (Phi) is 3.79. The van der Waals surface area contributed by atoms with Gasteiger partial charge >= 0.3 is 0 Å². The number of amides is 1. The van der Waals surface area contributed by atoms with E-state index in [2.05, 4.69) is 11.8 Å². The van der Waals surface area contributed by atoms with Gasteiger partial charge in [-0.05, 0) is 25.0 Å². The van der Waals surface area contributed by atoms with E-state index in [0.717, 1.165) is 18.4 Å². The second-order valence-corrected chi connectivity index (χ2v) is 4.16. The van der Waals surface area contributed by atoms with Crippen LogP contribution in [0, 0.1) is 11.8 Å². The highest BCUT2D eigenvalue weighted by atomic mass is 16.3. The van der Waals surface area contributed by atoms with Crippen molar-refractivity contribution in [2.45, 2.75) is 18.9 Å². The van der Waals surface area contributed by atoms with Gasteiger partial charge in [-0.25, -0.2) is 0 Å². The van der Waals surface area contributed by atoms with Crippen LogP contribution in [-0.4, -0.2) is 35.1 Å². The Morgan fingerprint density at radius 2 is 2.12 bits per heavy atom. The summed E-state index contributed by atoms with van der Waals surface area (Å²) in [6, 6.07) is 9.42. The summed E-state index contributed by atoms with van der Waals surface area (Å²) in [6.07, 6.45) is 1.22. The molecule has 0 unspecified atom stereocenters. The molecule has 1 aromatic carbocycles. The quantitative estimate of drug-likeness (QED) is 0.675. The van der Waals surface area contributed by atoms with Crippen LogP contribution in [0.2, 0.25) is 0 Å². The van der Waals surface area contributed by atoms with Gasteiger partial charge in [0, 0.05) is 24.6 Å². The van der Waals surface area contributed by atoms with E-state index in [4.69, 9.17) is 0 Å². The average Bonchev–Trinajstić information content (AvgIpc) is 2.37. The van der Waals surface area contributed by atoms with Crippen LogP contribution in [0.3, 0.4) is 0 Å². The van der Waals surface area contributed by atoms with Crippen LogP contribution < -0.4 is 0 Å². The second-order valence-electron chi connectivity index (χ2n) is 4.16. The van der Waals surface area contributed by atoms with Gasteiger partial charge in [0.15, 0.2) is 0 Å². The van der Waals surface area contributed by atoms with Crippen molar-refractivity contribution in [2.75, 3.05) is 13.1 Å². The molecule has 1 aliphatic heterocycles. The fourth-order valence-corrected chi connectivity index (χ4v) is 1.87. The predicted octanol–water partition coefficient (Wildman–Crippen LogP) is 1.02. The van der Waals surface area contributed by atoms with Crippen LogP contribution in [0.4, 0.5) is 0 Å². The summed E-state index contributed by atoms with van der Waals surface area (Å²) >= 11 is 0. The molecule has 3 heteroatoms. The Balaban J connectivity index is 2.00. The number of β-amino-alcohol motifs (C(OH)–C–C–N with tert-alkyl or cyclic N) is 1. The maximum atomic E-state index is 11.8. The molecule has 1 heterocycles. The third-order valence-corrected chi connectivity index (χ3v) is 2.77. The van der Waals surface area contributed by atoms with E-state index < -0.39 is 6.10 Å². The summed E-state index contributed by atoms with van der Waals surface area (Å²) in [5, 5.41) is 9.47. The van der Waals surface area contributed by atoms with E-state index >= 15 is 0 Å². The summed E-state index contributed by atoms with van der Waals surface area (Å²) in [5.74, 6) is 5.25. The van der Waals surface area contributed by atoms with Crippen molar-refractivity contribution in [3.8, 4) is 11.8 Å². The zero-order chi connectivity index (χ0) is 12.1. The van der Waals surface area contributed by atoms with Crippen molar-refractivity contribution < 1.29 is 9.90 Å². The first-order chi connectivity index (χ1) is 8.25. The van der Waals surface area contributed by atoms with Crippen molar-refractivity contribution in [1.29, 1.82) is 0 Å². The Hall–Kier alpha value is -1.79. The van der Waals surface area contributed by atoms with Crippen molar-refractivity contribution in [1.82, 2.24) is 4.90 Å². The molecule has 1 N–H and O–H groups in total. The van der Waals surface area contributed by atoms with Crippen molar-refractivity contribution in [3.05, 3.63) is 35.9 Å². The van der Waals surface area contributed by atoms with E-state index in [1.165, 1.54) is 0 Å². The van der Waals surface area contributed by atoms with Gasteiger partial charge in [-0.2, -0.15) is 0 Å². The molecule has 0 aliphatic carbocycles. The number of benzene rings is 1. The lowest BCUT2D eigenvalue weighted by Crippen LogP contribution is -2.41. The van der Waals surface area contributed by atoms with E-state index in [9.17, 15) is 9.90 Å². The number of rotatable bonds is 0. The molecule has 17 heavy (non-hydrogen) atoms. The molecule has 1 saturated heterocycles. The number of carbonyl (C=O) groups excluding carboxylic acids is 1. The molecule has 1 fully saturated rings. The number of aliphatic hydroxyl groups excluding tert-OH is 1. The minimum Gasteiger partial charge on any atom is -0.391 e. The summed E-state index contributed by atoms with van der Waals surface area (Å²) in [7, 11) is 0. The van der Waals surface area contributed by atoms with Crippen LogP contribution in [0.1, 0.15) is 18.4 Å². The molecule has 3 nitrogen and oxygen atoms in total. The number of piperidine rings is 1. The third kappa shape index (κ3) is 3.33. The standard InChI is InChI=1S/C14H15NO2/c16-13-7-4-10-15(11-13)14(17)9-8-12-5-2-1-3-6-12/h1-3,5-6,13,16H,4,7,10-11H2/t13-/m0/s1. The molecular formula is C14H15NO2. The summed E-state index contributed by atoms with van der Waals surface area (Å²) in [5.41, 5.74) is 0.832. The van der Waals surface area contributed by atoms with Gasteiger partial charge in [0.25, 0.3) is 5.91 Å². The number of carbonyl (C=O) groups is 1. The molecular weight excluding hydrogens is 214 g/mol. The molecule has 2 rings (SSSR count). The summed E-state index contributed by atoms with van der Waals surface area (Å²) < 4.78 is 0. The topological polar surface area (TPSA) is 40.5 Å². The first kappa shape index (κ1) is 11.7. The maximum absolute atomic E-state index is 11.8. The number of hydrogen-bond acceptors (Lipinski definition) is 2. The molecule has 0 bridgehead atoms. The van der Waals surface area contributed by atoms with E-state index in [-0.39, 0.29) is 5.91 Å². The molecule has 0 saturated carbocycles. The largest absolute Gasteiger partial charge is 0.391 e. The number of aliphatic hydroxyl groups is 1. The van der Waals surface area contributed by atoms with Crippen molar-refractivity contribution >= 4 is 5.91 Å². The molecule has 1 aliphatic rings. The smallest absolute Gasteiger partial charge is 0.298 e. The SMILES string of the molecule is O=C(C#Cc1ccccc1)N1CCC[C@H](O)C1. The Labute approximate surface area is 101 Å². The fraction of sp³-hybridized carbons (Fsp3) is 0.357. The minimum absolute atomic E-state index is 0.201. The fourth-order valence-electron chi connectivity index (χ4n) is 1.87. The van der Waals surface area contributed by atoms with E-state index in [1.807, 2.05) is 30.3 Å². The van der Waals surface area contributed by atoms with Gasteiger partial charge in [-0.3, -0.25) is 4.79 Å². The number of nitrogens with zero attached hydrogens (tertiary/aromatic N) is 1. The van der Waals surface area contributed by atoms with Crippen LogP contribution in [0.5, 0.6) is 0 Å². The normalized spacial score (nSPS) is 19.4. The minimum atomic E-state index is -0.397. The lowest BCUT2D eigenvalue weighted by Gasteiger charge is -2.28. The lowest BCUT2D eigenvalue weighted by molar-refractivity contribution is -0.128. The Morgan fingerprint density at radius 3 is 2.82 bits per heavy atom. The highest BCUT2D eigenvalue weighted by molar-refractivity contribution is 5.94. The number of likely N-dealkylation sites (tertiary alicyclic amines) is 1. The van der Waals surface area contributed by atoms with Crippen LogP contribution in [-0.2, 0) is 4.79 Å². The first-order valence-electron chi connectivity index (χ1n) is 5.80. The molecule has 0 radical (unpaired) electrons. The molecule has 1 atom stereocenters. The van der Waals surface area contributed by atoms with E-state index in [0.29, 0.717) is 13.1 Å². The monoisotopic (exact) mass is 229 g/mol. The van der Waals surface area contributed by atoms with Gasteiger partial charge in [0.05, 0.1) is 6.10 Å². The number of hydrogen-bond donors (Lipinski definition) is 1. The zero-order valence-corrected chi connectivity index (χ0v) is 9.60. The maximum Gasteiger partial charge on any atom is 0.298 e. The molecule has 88 valence electrons. The lowest BCUT2D eigenvalue weighted by atomic mass is 10.1. The second kappa shape index (κ2) is 5.51. The van der Waals surface area contributed by atoms with Gasteiger partial charge in [-0.1, -0.05) is 24.1 Å². The molecule has 0 spiro atoms. The molecule has 1 amide bonds. The predicted molar refractivity (Wildman–Crippen MR) is 65.1 cm³/mol. The van der Waals surface area contributed by atoms with Crippen LogP contribution in [0.25, 0.3) is 0 Å². The van der Waals surface area contributed by atoms with Gasteiger partial charge in [0.2, 0.25) is 0 Å². The van der Waals surface area contributed by atoms with E-state index in [1.54, 1.807) is 4.90 Å². The highest BCUT2D eigenvalue weighted by Crippen LogP contribution is 2.09. The molecule has 0 aromatic heterocycles. The van der Waals surface area contributed by atoms with Crippen LogP contribution in [0.15, 0.2) is 30.3 Å². The molecule has 1 aromatic rings. The van der Waals surface area contributed by atoms with Crippen LogP contribution >= 0.6 is 0 Å². The van der Waals surface area contributed by atoms with Gasteiger partial charge in [0.1, 0.15) is 0 Å². The first-order valence-corrected chi connectivity index (χ1v) is 5.80. The Bertz CT molecular complexity index is 444. The van der Waals surface area contributed by atoms with Crippen molar-refractivity contribution in [3.63, 3.8) is 0 Å². The third-order valence-electron chi connectivity index (χ3n) is 2.77. The Morgan fingerprint density at radius 1 is 1.35 bits per heavy atom. The summed E-state index contributed by atoms with van der Waals surface area (Å²) in [6.45, 7) is 1.10. The highest BCUT2D eigenvalue weighted by Gasteiger charge is 2.20. The average molecular weight is 229 g/mol. The van der Waals surface area contributed by atoms with Crippen molar-refractivity contribution in [2.24, 2.45) is 0 Å².